The standard InChI is InChI=1S/C18H19Cl2N5O2.BrH/c1-18(2)24-16(21)23-17(22)25(18)26-10-11-4-3-5-12(8-11)27-13-6-7-14(19)15(20)9-13;/h3-9H,10H2,1-2H3,(H4,21,22,23,24);1H. The molecule has 2 aromatic rings. The van der Waals surface area contributed by atoms with Gasteiger partial charge in [-0.1, -0.05) is 35.3 Å². The van der Waals surface area contributed by atoms with Crippen LogP contribution in [0.2, 0.25) is 10.0 Å². The number of aliphatic imine (C=N–C) groups is 2. The summed E-state index contributed by atoms with van der Waals surface area (Å²) in [4.78, 5) is 14.0. The molecule has 10 heteroatoms. The molecule has 1 aliphatic heterocycles. The first-order chi connectivity index (χ1) is 12.7. The van der Waals surface area contributed by atoms with Crippen molar-refractivity contribution >= 4 is 52.1 Å². The van der Waals surface area contributed by atoms with Crippen LogP contribution in [0.3, 0.4) is 0 Å². The predicted octanol–water partition coefficient (Wildman–Crippen LogP) is 4.48. The number of guanidine groups is 2. The highest BCUT2D eigenvalue weighted by Gasteiger charge is 2.33. The van der Waals surface area contributed by atoms with Crippen molar-refractivity contribution in [3.63, 3.8) is 0 Å². The Balaban J connectivity index is 0.00000280. The van der Waals surface area contributed by atoms with E-state index in [1.165, 1.54) is 5.06 Å². The van der Waals surface area contributed by atoms with E-state index < -0.39 is 5.66 Å². The number of halogens is 3. The van der Waals surface area contributed by atoms with Crippen LogP contribution in [-0.2, 0) is 11.4 Å². The van der Waals surface area contributed by atoms with Gasteiger partial charge >= 0.3 is 0 Å². The summed E-state index contributed by atoms with van der Waals surface area (Å²) in [6.45, 7) is 3.89. The van der Waals surface area contributed by atoms with E-state index in [4.69, 9.17) is 44.2 Å². The third-order valence-electron chi connectivity index (χ3n) is 3.71. The molecular formula is C18H20BrCl2N5O2. The Bertz CT molecular complexity index is 921. The van der Waals surface area contributed by atoms with E-state index in [9.17, 15) is 0 Å². The molecule has 0 aliphatic carbocycles. The molecule has 28 heavy (non-hydrogen) atoms. The predicted molar refractivity (Wildman–Crippen MR) is 117 cm³/mol. The molecule has 0 radical (unpaired) electrons. The monoisotopic (exact) mass is 487 g/mol. The molecule has 4 N–H and O–H groups in total. The fourth-order valence-corrected chi connectivity index (χ4v) is 2.82. The molecule has 150 valence electrons. The average molecular weight is 489 g/mol. The lowest BCUT2D eigenvalue weighted by molar-refractivity contribution is -0.166. The molecule has 0 bridgehead atoms. The molecular weight excluding hydrogens is 469 g/mol. The molecule has 0 aromatic heterocycles. The van der Waals surface area contributed by atoms with Gasteiger partial charge in [-0.3, -0.25) is 4.84 Å². The van der Waals surface area contributed by atoms with Crippen molar-refractivity contribution in [2.24, 2.45) is 21.5 Å². The summed E-state index contributed by atoms with van der Waals surface area (Å²) in [6, 6.07) is 12.5. The Kier molecular flexibility index (Phi) is 7.16. The van der Waals surface area contributed by atoms with Gasteiger partial charge in [0.25, 0.3) is 0 Å². The van der Waals surface area contributed by atoms with Crippen molar-refractivity contribution in [2.45, 2.75) is 26.1 Å². The van der Waals surface area contributed by atoms with Crippen LogP contribution in [0.4, 0.5) is 0 Å². The smallest absolute Gasteiger partial charge is 0.226 e. The molecule has 0 spiro atoms. The van der Waals surface area contributed by atoms with Crippen LogP contribution in [0.5, 0.6) is 11.5 Å². The fraction of sp³-hybridized carbons (Fsp3) is 0.222. The molecule has 0 unspecified atom stereocenters. The largest absolute Gasteiger partial charge is 0.457 e. The second kappa shape index (κ2) is 9.00. The minimum Gasteiger partial charge on any atom is -0.457 e. The molecule has 2 aromatic carbocycles. The number of rotatable bonds is 5. The number of benzene rings is 2. The van der Waals surface area contributed by atoms with Crippen LogP contribution in [0.25, 0.3) is 0 Å². The van der Waals surface area contributed by atoms with Gasteiger partial charge < -0.3 is 16.2 Å². The van der Waals surface area contributed by atoms with Crippen molar-refractivity contribution in [1.82, 2.24) is 5.06 Å². The number of nitrogens with two attached hydrogens (primary N) is 2. The second-order valence-corrected chi connectivity index (χ2v) is 7.14. The average Bonchev–Trinajstić information content (AvgIpc) is 2.57. The van der Waals surface area contributed by atoms with Crippen LogP contribution < -0.4 is 16.2 Å². The van der Waals surface area contributed by atoms with Crippen molar-refractivity contribution in [3.8, 4) is 11.5 Å². The van der Waals surface area contributed by atoms with Crippen molar-refractivity contribution in [1.29, 1.82) is 0 Å². The van der Waals surface area contributed by atoms with Gasteiger partial charge in [-0.25, -0.2) is 4.99 Å². The lowest BCUT2D eigenvalue weighted by Crippen LogP contribution is -2.53. The fourth-order valence-electron chi connectivity index (χ4n) is 2.53. The molecule has 0 fully saturated rings. The van der Waals surface area contributed by atoms with E-state index in [1.807, 2.05) is 38.1 Å². The first-order valence-electron chi connectivity index (χ1n) is 8.09. The van der Waals surface area contributed by atoms with Crippen LogP contribution in [0.15, 0.2) is 52.4 Å². The Morgan fingerprint density at radius 2 is 1.75 bits per heavy atom. The third-order valence-corrected chi connectivity index (χ3v) is 4.45. The molecule has 3 rings (SSSR count). The van der Waals surface area contributed by atoms with Crippen LogP contribution in [-0.4, -0.2) is 22.6 Å². The van der Waals surface area contributed by atoms with Crippen LogP contribution in [0, 0.1) is 0 Å². The minimum absolute atomic E-state index is 0. The zero-order valence-electron chi connectivity index (χ0n) is 15.2. The Morgan fingerprint density at radius 1 is 1.04 bits per heavy atom. The molecule has 7 nitrogen and oxygen atoms in total. The molecule has 1 aliphatic rings. The summed E-state index contributed by atoms with van der Waals surface area (Å²) >= 11 is 11.9. The summed E-state index contributed by atoms with van der Waals surface area (Å²) in [5.74, 6) is 1.49. The van der Waals surface area contributed by atoms with Crippen LogP contribution >= 0.6 is 40.2 Å². The number of hydrogen-bond acceptors (Lipinski definition) is 7. The summed E-state index contributed by atoms with van der Waals surface area (Å²) in [5.41, 5.74) is 11.7. The number of hydroxylamine groups is 2. The van der Waals surface area contributed by atoms with Gasteiger partial charge in [-0.2, -0.15) is 10.1 Å². The zero-order valence-corrected chi connectivity index (χ0v) is 18.5. The quantitative estimate of drug-likeness (QED) is 0.646. The highest BCUT2D eigenvalue weighted by Crippen LogP contribution is 2.30. The normalized spacial score (nSPS) is 15.4. The summed E-state index contributed by atoms with van der Waals surface area (Å²) in [7, 11) is 0. The van der Waals surface area contributed by atoms with E-state index >= 15 is 0 Å². The Hall–Kier alpha value is -2.00. The van der Waals surface area contributed by atoms with E-state index in [-0.39, 0.29) is 35.5 Å². The first kappa shape index (κ1) is 22.3. The molecule has 0 atom stereocenters. The van der Waals surface area contributed by atoms with Gasteiger partial charge in [0, 0.05) is 6.07 Å². The molecule has 0 saturated carbocycles. The third kappa shape index (κ3) is 5.29. The van der Waals surface area contributed by atoms with Crippen molar-refractivity contribution in [3.05, 3.63) is 58.1 Å². The van der Waals surface area contributed by atoms with Gasteiger partial charge in [0.1, 0.15) is 18.1 Å². The summed E-state index contributed by atoms with van der Waals surface area (Å²) < 4.78 is 5.82. The lowest BCUT2D eigenvalue weighted by atomic mass is 10.2. The maximum Gasteiger partial charge on any atom is 0.226 e. The van der Waals surface area contributed by atoms with Crippen molar-refractivity contribution < 1.29 is 9.57 Å². The minimum atomic E-state index is -0.760. The summed E-state index contributed by atoms with van der Waals surface area (Å²) in [5, 5.41) is 2.32. The van der Waals surface area contributed by atoms with Crippen molar-refractivity contribution in [2.75, 3.05) is 0 Å². The van der Waals surface area contributed by atoms with Gasteiger partial charge in [0.15, 0.2) is 5.66 Å². The van der Waals surface area contributed by atoms with Gasteiger partial charge in [0.05, 0.1) is 10.0 Å². The number of nitrogens with zero attached hydrogens (tertiary/aromatic N) is 3. The highest BCUT2D eigenvalue weighted by molar-refractivity contribution is 8.93. The van der Waals surface area contributed by atoms with E-state index in [1.54, 1.807) is 18.2 Å². The Morgan fingerprint density at radius 3 is 2.43 bits per heavy atom. The SMILES string of the molecule is Br.CC1(C)N=C(N)N=C(N)N1OCc1cccc(Oc2ccc(Cl)c(Cl)c2)c1. The van der Waals surface area contributed by atoms with Gasteiger partial charge in [-0.05, 0) is 43.7 Å². The van der Waals surface area contributed by atoms with E-state index in [2.05, 4.69) is 9.98 Å². The maximum atomic E-state index is 6.02. The van der Waals surface area contributed by atoms with Gasteiger partial charge in [-0.15, -0.1) is 17.0 Å². The second-order valence-electron chi connectivity index (χ2n) is 6.33. The molecule has 0 amide bonds. The maximum absolute atomic E-state index is 6.02. The number of ether oxygens (including phenoxy) is 1. The topological polar surface area (TPSA) is 98.5 Å². The molecule has 1 heterocycles. The van der Waals surface area contributed by atoms with E-state index in [0.29, 0.717) is 21.5 Å². The summed E-state index contributed by atoms with van der Waals surface area (Å²) in [6.07, 6.45) is 0. The lowest BCUT2D eigenvalue weighted by Gasteiger charge is -2.36. The van der Waals surface area contributed by atoms with E-state index in [0.717, 1.165) is 5.56 Å². The number of hydrogen-bond donors (Lipinski definition) is 2. The first-order valence-corrected chi connectivity index (χ1v) is 8.85. The Labute approximate surface area is 183 Å². The molecule has 0 saturated heterocycles. The highest BCUT2D eigenvalue weighted by atomic mass is 79.9. The zero-order chi connectivity index (χ0) is 19.6. The van der Waals surface area contributed by atoms with Gasteiger partial charge in [0.2, 0.25) is 11.9 Å². The van der Waals surface area contributed by atoms with Crippen LogP contribution in [0.1, 0.15) is 19.4 Å².